The summed E-state index contributed by atoms with van der Waals surface area (Å²) < 4.78 is 0. The third kappa shape index (κ3) is 28.3. The first-order valence-corrected chi connectivity index (χ1v) is 0.365. The van der Waals surface area contributed by atoms with Crippen molar-refractivity contribution in [3.63, 3.8) is 0 Å². The predicted molar refractivity (Wildman–Crippen MR) is 6.34 cm³/mol. The summed E-state index contributed by atoms with van der Waals surface area (Å²) in [6.07, 6.45) is 0. The smallest absolute Gasteiger partial charge is 0.221 e. The van der Waals surface area contributed by atoms with Gasteiger partial charge in [0.25, 0.3) is 0 Å². The first-order valence-electron chi connectivity index (χ1n) is 0.365. The molecule has 0 aromatic carbocycles. The van der Waals surface area contributed by atoms with Gasteiger partial charge < -0.3 is 0 Å². The van der Waals surface area contributed by atoms with Crippen LogP contribution < -0.4 is 0 Å². The van der Waals surface area contributed by atoms with Crippen molar-refractivity contribution >= 4 is 0 Å². The van der Waals surface area contributed by atoms with Gasteiger partial charge in [-0.25, -0.2) is 10.5 Å². The van der Waals surface area contributed by atoms with E-state index >= 15 is 0 Å². The number of rotatable bonds is 0. The molecule has 23 valence electrons. The molecular weight excluding hydrogens is 100.0 g/mol. The van der Waals surface area contributed by atoms with Gasteiger partial charge in [-0.3, -0.25) is 0 Å². The van der Waals surface area contributed by atoms with Crippen LogP contribution in [-0.2, 0) is 22.4 Å². The Balaban J connectivity index is 0. The minimum Gasteiger partial charge on any atom is -0.221 e. The molecule has 0 bridgehead atoms. The van der Waals surface area contributed by atoms with E-state index in [1.165, 1.54) is 0 Å². The van der Waals surface area contributed by atoms with Gasteiger partial charge in [0.2, 0.25) is 0 Å². The van der Waals surface area contributed by atoms with Gasteiger partial charge in [-0.1, -0.05) is 5.04 Å². The third-order valence-corrected chi connectivity index (χ3v) is 0. The summed E-state index contributed by atoms with van der Waals surface area (Å²) in [7, 11) is 0. The van der Waals surface area contributed by atoms with Gasteiger partial charge in [0.15, 0.2) is 0 Å². The van der Waals surface area contributed by atoms with E-state index in [2.05, 4.69) is 5.04 Å². The van der Waals surface area contributed by atoms with Crippen LogP contribution in [0, 0.1) is 0 Å². The Kier molecular flexibility index (Phi) is 22.0. The normalized spacial score (nSPS) is 4.50. The fourth-order valence-electron chi connectivity index (χ4n) is 0. The summed E-state index contributed by atoms with van der Waals surface area (Å²) in [5.41, 5.74) is 0. The third-order valence-electron chi connectivity index (χ3n) is 0. The van der Waals surface area contributed by atoms with Gasteiger partial charge in [0.05, 0.1) is 0 Å². The van der Waals surface area contributed by atoms with Crippen molar-refractivity contribution in [3.8, 4) is 0 Å². The minimum absolute atomic E-state index is 0. The molecule has 0 fully saturated rings. The molecular formula is H2CrO3+3. The van der Waals surface area contributed by atoms with Gasteiger partial charge in [-0.15, -0.1) is 0 Å². The monoisotopic (exact) mass is 102 g/mol. The van der Waals surface area contributed by atoms with Crippen LogP contribution in [0.3, 0.4) is 0 Å². The maximum atomic E-state index is 6.62. The molecule has 3 nitrogen and oxygen atoms in total. The molecule has 0 spiro atoms. The van der Waals surface area contributed by atoms with Gasteiger partial charge in [0, 0.05) is 0 Å². The molecule has 0 aliphatic carbocycles. The molecule has 1 radical (unpaired) electrons. The Morgan fingerprint density at radius 1 is 1.25 bits per heavy atom. The van der Waals surface area contributed by atoms with Gasteiger partial charge in [-0.05, 0) is 0 Å². The predicted octanol–water partition coefficient (Wildman–Crippen LogP) is -0.0535. The van der Waals surface area contributed by atoms with Crippen LogP contribution in [0.1, 0.15) is 0 Å². The Morgan fingerprint density at radius 2 is 1.25 bits per heavy atom. The van der Waals surface area contributed by atoms with E-state index in [9.17, 15) is 0 Å². The fraction of sp³-hybridized carbons (Fsp3) is 0. The van der Waals surface area contributed by atoms with E-state index < -0.39 is 0 Å². The van der Waals surface area contributed by atoms with Crippen molar-refractivity contribution in [2.75, 3.05) is 0 Å². The van der Waals surface area contributed by atoms with Crippen LogP contribution >= 0.6 is 0 Å². The van der Waals surface area contributed by atoms with Crippen molar-refractivity contribution in [2.45, 2.75) is 0 Å². The quantitative estimate of drug-likeness (QED) is 0.333. The molecule has 0 heterocycles. The zero-order valence-electron chi connectivity index (χ0n) is 1.71. The van der Waals surface area contributed by atoms with E-state index in [0.29, 0.717) is 0 Å². The summed E-state index contributed by atoms with van der Waals surface area (Å²) in [4.78, 5) is 0. The number of hydrogen-bond donors (Lipinski definition) is 2. The summed E-state index contributed by atoms with van der Waals surface area (Å²) in [6.45, 7) is 0. The Labute approximate surface area is 33.8 Å². The van der Waals surface area contributed by atoms with Crippen LogP contribution in [0.2, 0.25) is 0 Å². The Bertz CT molecular complexity index is 3.25. The molecule has 0 rings (SSSR count). The zero-order chi connectivity index (χ0) is 2.71. The molecule has 0 atom stereocenters. The summed E-state index contributed by atoms with van der Waals surface area (Å²) in [6, 6.07) is 0. The van der Waals surface area contributed by atoms with Crippen LogP contribution in [-0.4, -0.2) is 10.5 Å². The van der Waals surface area contributed by atoms with Crippen molar-refractivity contribution in [1.29, 1.82) is 0 Å². The minimum atomic E-state index is 0. The van der Waals surface area contributed by atoms with E-state index in [1.807, 2.05) is 0 Å². The summed E-state index contributed by atoms with van der Waals surface area (Å²) >= 11 is 0. The fourth-order valence-corrected chi connectivity index (χ4v) is 0. The van der Waals surface area contributed by atoms with Crippen LogP contribution in [0.25, 0.3) is 0 Å². The van der Waals surface area contributed by atoms with E-state index in [-0.39, 0.29) is 17.4 Å². The molecule has 4 heavy (non-hydrogen) atoms. The number of hydrogen-bond acceptors (Lipinski definition) is 3. The van der Waals surface area contributed by atoms with E-state index in [0.717, 1.165) is 0 Å². The van der Waals surface area contributed by atoms with Gasteiger partial charge in [-0.2, -0.15) is 0 Å². The molecule has 0 aromatic rings. The van der Waals surface area contributed by atoms with E-state index in [1.54, 1.807) is 0 Å². The first kappa shape index (κ1) is 8.83. The first-order chi connectivity index (χ1) is 1.41. The SMILES string of the molecule is OOO.[Cr+3]. The average molecular weight is 102 g/mol. The van der Waals surface area contributed by atoms with Crippen LogP contribution in [0.15, 0.2) is 0 Å². The molecule has 0 amide bonds. The molecule has 0 aliphatic heterocycles. The van der Waals surface area contributed by atoms with E-state index in [4.69, 9.17) is 10.5 Å². The Morgan fingerprint density at radius 3 is 1.25 bits per heavy atom. The standard InChI is InChI=1S/Cr.H2O3/c;1-3-2/h;1-2H/q+3;. The maximum Gasteiger partial charge on any atom is 3.00 e. The van der Waals surface area contributed by atoms with Crippen molar-refractivity contribution < 1.29 is 32.9 Å². The average Bonchev–Trinajstić information content (AvgIpc) is 0.918. The zero-order valence-corrected chi connectivity index (χ0v) is 2.99. The second-order valence-electron chi connectivity index (χ2n) is 0.0816. The molecule has 0 aliphatic rings. The van der Waals surface area contributed by atoms with Crippen molar-refractivity contribution in [2.24, 2.45) is 0 Å². The summed E-state index contributed by atoms with van der Waals surface area (Å²) in [5, 5.41) is 15.5. The van der Waals surface area contributed by atoms with Crippen molar-refractivity contribution in [3.05, 3.63) is 0 Å². The summed E-state index contributed by atoms with van der Waals surface area (Å²) in [5.74, 6) is 0. The topological polar surface area (TPSA) is 49.7 Å². The molecule has 0 unspecified atom stereocenters. The molecule has 0 aromatic heterocycles. The van der Waals surface area contributed by atoms with Gasteiger partial charge >= 0.3 is 17.4 Å². The second kappa shape index (κ2) is 9.95. The largest absolute Gasteiger partial charge is 3.00 e. The molecule has 2 N–H and O–H groups in total. The molecule has 4 heteroatoms. The molecule has 0 saturated carbocycles. The van der Waals surface area contributed by atoms with Crippen LogP contribution in [0.5, 0.6) is 0 Å². The Hall–Kier alpha value is 0.412. The second-order valence-corrected chi connectivity index (χ2v) is 0.0816. The van der Waals surface area contributed by atoms with Crippen molar-refractivity contribution in [1.82, 2.24) is 0 Å². The molecule has 0 saturated heterocycles. The van der Waals surface area contributed by atoms with Gasteiger partial charge in [0.1, 0.15) is 0 Å². The van der Waals surface area contributed by atoms with Crippen LogP contribution in [0.4, 0.5) is 0 Å². The maximum absolute atomic E-state index is 6.62.